The number of hydrogen-bond donors (Lipinski definition) is 2. The SMILES string of the molecule is O=C(N/N=C/c1ccc(Br)cc1)c1ccc(-c2ccc(C(=O)N/N=C/c3ccc(Br)cc3)cc2)cc1. The van der Waals surface area contributed by atoms with Gasteiger partial charge in [-0.15, -0.1) is 0 Å². The van der Waals surface area contributed by atoms with Gasteiger partial charge in [-0.3, -0.25) is 9.59 Å². The lowest BCUT2D eigenvalue weighted by molar-refractivity contribution is 0.0947. The molecule has 0 bridgehead atoms. The van der Waals surface area contributed by atoms with E-state index in [0.29, 0.717) is 11.1 Å². The number of carbonyl (C=O) groups is 2. The molecule has 0 aliphatic rings. The first kappa shape index (κ1) is 25.2. The van der Waals surface area contributed by atoms with Crippen molar-refractivity contribution in [3.8, 4) is 11.1 Å². The van der Waals surface area contributed by atoms with Crippen LogP contribution in [0.25, 0.3) is 11.1 Å². The van der Waals surface area contributed by atoms with Gasteiger partial charge >= 0.3 is 0 Å². The van der Waals surface area contributed by atoms with Gasteiger partial charge in [-0.05, 0) is 70.8 Å². The highest BCUT2D eigenvalue weighted by Crippen LogP contribution is 2.20. The Hall–Kier alpha value is -3.88. The van der Waals surface area contributed by atoms with E-state index in [-0.39, 0.29) is 11.8 Å². The molecule has 4 aromatic rings. The van der Waals surface area contributed by atoms with E-state index in [4.69, 9.17) is 0 Å². The predicted octanol–water partition coefficient (Wildman–Crippen LogP) is 6.41. The first-order valence-corrected chi connectivity index (χ1v) is 12.4. The zero-order valence-electron chi connectivity index (χ0n) is 18.9. The number of amides is 2. The monoisotopic (exact) mass is 602 g/mol. The highest BCUT2D eigenvalue weighted by Gasteiger charge is 2.07. The Morgan fingerprint density at radius 2 is 0.861 bits per heavy atom. The van der Waals surface area contributed by atoms with E-state index in [1.807, 2.05) is 72.8 Å². The fourth-order valence-corrected chi connectivity index (χ4v) is 3.71. The summed E-state index contributed by atoms with van der Waals surface area (Å²) in [6.07, 6.45) is 3.17. The summed E-state index contributed by atoms with van der Waals surface area (Å²) in [4.78, 5) is 24.7. The van der Waals surface area contributed by atoms with Crippen molar-refractivity contribution in [2.24, 2.45) is 10.2 Å². The number of nitrogens with one attached hydrogen (secondary N) is 2. The zero-order chi connectivity index (χ0) is 25.3. The van der Waals surface area contributed by atoms with Gasteiger partial charge in [-0.2, -0.15) is 10.2 Å². The molecule has 6 nitrogen and oxygen atoms in total. The Morgan fingerprint density at radius 3 is 1.19 bits per heavy atom. The molecule has 0 spiro atoms. The maximum atomic E-state index is 12.4. The van der Waals surface area contributed by atoms with Crippen molar-refractivity contribution in [1.29, 1.82) is 0 Å². The third kappa shape index (κ3) is 7.07. The van der Waals surface area contributed by atoms with E-state index in [2.05, 4.69) is 52.9 Å². The van der Waals surface area contributed by atoms with Crippen molar-refractivity contribution < 1.29 is 9.59 Å². The summed E-state index contributed by atoms with van der Waals surface area (Å²) in [7, 11) is 0. The van der Waals surface area contributed by atoms with Crippen LogP contribution in [0.15, 0.2) is 116 Å². The van der Waals surface area contributed by atoms with Gasteiger partial charge in [0.05, 0.1) is 12.4 Å². The maximum Gasteiger partial charge on any atom is 0.271 e. The molecule has 0 saturated heterocycles. The Kier molecular flexibility index (Phi) is 8.54. The predicted molar refractivity (Wildman–Crippen MR) is 150 cm³/mol. The van der Waals surface area contributed by atoms with E-state index >= 15 is 0 Å². The molecule has 4 aromatic carbocycles. The summed E-state index contributed by atoms with van der Waals surface area (Å²) in [5.74, 6) is -0.601. The van der Waals surface area contributed by atoms with Gasteiger partial charge < -0.3 is 0 Å². The molecule has 0 aromatic heterocycles. The van der Waals surface area contributed by atoms with Crippen molar-refractivity contribution in [2.45, 2.75) is 0 Å². The number of hydrogen-bond acceptors (Lipinski definition) is 4. The van der Waals surface area contributed by atoms with Crippen LogP contribution in [0.4, 0.5) is 0 Å². The lowest BCUT2D eigenvalue weighted by atomic mass is 10.0. The second kappa shape index (κ2) is 12.2. The van der Waals surface area contributed by atoms with Crippen LogP contribution in [0.3, 0.4) is 0 Å². The van der Waals surface area contributed by atoms with Crippen LogP contribution in [0.1, 0.15) is 31.8 Å². The molecule has 0 radical (unpaired) electrons. The number of hydrazone groups is 2. The summed E-state index contributed by atoms with van der Waals surface area (Å²) in [6.45, 7) is 0. The van der Waals surface area contributed by atoms with E-state index in [1.165, 1.54) is 0 Å². The normalized spacial score (nSPS) is 11.1. The van der Waals surface area contributed by atoms with Gasteiger partial charge in [-0.1, -0.05) is 80.4 Å². The maximum absolute atomic E-state index is 12.4. The van der Waals surface area contributed by atoms with Crippen LogP contribution in [0, 0.1) is 0 Å². The highest BCUT2D eigenvalue weighted by molar-refractivity contribution is 9.10. The van der Waals surface area contributed by atoms with Gasteiger partial charge in [-0.25, -0.2) is 10.9 Å². The molecule has 0 aliphatic heterocycles. The van der Waals surface area contributed by atoms with Crippen LogP contribution in [0.2, 0.25) is 0 Å². The molecular weight excluding hydrogens is 584 g/mol. The highest BCUT2D eigenvalue weighted by atomic mass is 79.9. The molecule has 8 heteroatoms. The number of nitrogens with zero attached hydrogens (tertiary/aromatic N) is 2. The number of halogens is 2. The Bertz CT molecular complexity index is 1290. The Morgan fingerprint density at radius 1 is 0.528 bits per heavy atom. The molecule has 2 N–H and O–H groups in total. The first-order chi connectivity index (χ1) is 17.5. The minimum Gasteiger partial charge on any atom is -0.267 e. The third-order valence-corrected chi connectivity index (χ3v) is 6.18. The standard InChI is InChI=1S/C28H20Br2N4O2/c29-25-13-1-19(2-14-25)17-31-33-27(35)23-9-5-21(6-10-23)22-7-11-24(12-8-22)28(36)34-32-18-20-3-15-26(30)16-4-20/h1-18H,(H,33,35)(H,34,36)/b31-17+,32-18+. The second-order valence-electron chi connectivity index (χ2n) is 7.66. The molecule has 36 heavy (non-hydrogen) atoms. The van der Waals surface area contributed by atoms with Gasteiger partial charge in [0.15, 0.2) is 0 Å². The van der Waals surface area contributed by atoms with E-state index in [0.717, 1.165) is 31.2 Å². The molecule has 178 valence electrons. The average Bonchev–Trinajstić information content (AvgIpc) is 2.91. The van der Waals surface area contributed by atoms with Crippen LogP contribution in [0.5, 0.6) is 0 Å². The molecule has 0 saturated carbocycles. The van der Waals surface area contributed by atoms with Crippen molar-refractivity contribution in [2.75, 3.05) is 0 Å². The van der Waals surface area contributed by atoms with Crippen LogP contribution in [-0.2, 0) is 0 Å². The van der Waals surface area contributed by atoms with Crippen molar-refractivity contribution in [3.63, 3.8) is 0 Å². The van der Waals surface area contributed by atoms with Crippen molar-refractivity contribution >= 4 is 56.1 Å². The van der Waals surface area contributed by atoms with Crippen LogP contribution < -0.4 is 10.9 Å². The van der Waals surface area contributed by atoms with Gasteiger partial charge in [0.25, 0.3) is 11.8 Å². The summed E-state index contributed by atoms with van der Waals surface area (Å²) < 4.78 is 1.95. The van der Waals surface area contributed by atoms with Crippen LogP contribution in [-0.4, -0.2) is 24.2 Å². The lowest BCUT2D eigenvalue weighted by Crippen LogP contribution is -2.17. The molecule has 0 unspecified atom stereocenters. The number of rotatable bonds is 7. The van der Waals surface area contributed by atoms with Gasteiger partial charge in [0.2, 0.25) is 0 Å². The van der Waals surface area contributed by atoms with Gasteiger partial charge in [0, 0.05) is 20.1 Å². The van der Waals surface area contributed by atoms with E-state index in [9.17, 15) is 9.59 Å². The summed E-state index contributed by atoms with van der Waals surface area (Å²) in [5, 5.41) is 8.01. The molecule has 0 atom stereocenters. The molecule has 0 aliphatic carbocycles. The van der Waals surface area contributed by atoms with Crippen molar-refractivity contribution in [3.05, 3.63) is 128 Å². The minimum absolute atomic E-state index is 0.300. The quantitative estimate of drug-likeness (QED) is 0.189. The van der Waals surface area contributed by atoms with E-state index in [1.54, 1.807) is 36.7 Å². The topological polar surface area (TPSA) is 82.9 Å². The molecule has 0 heterocycles. The summed E-state index contributed by atoms with van der Waals surface area (Å²) in [5.41, 5.74) is 9.64. The smallest absolute Gasteiger partial charge is 0.267 e. The summed E-state index contributed by atoms with van der Waals surface area (Å²) >= 11 is 6.76. The van der Waals surface area contributed by atoms with Crippen LogP contribution >= 0.6 is 31.9 Å². The largest absolute Gasteiger partial charge is 0.271 e. The third-order valence-electron chi connectivity index (χ3n) is 5.13. The van der Waals surface area contributed by atoms with E-state index < -0.39 is 0 Å². The Labute approximate surface area is 225 Å². The molecule has 0 fully saturated rings. The zero-order valence-corrected chi connectivity index (χ0v) is 22.0. The number of benzene rings is 4. The summed E-state index contributed by atoms with van der Waals surface area (Å²) in [6, 6.07) is 29.5. The fraction of sp³-hybridized carbons (Fsp3) is 0. The minimum atomic E-state index is -0.300. The fourth-order valence-electron chi connectivity index (χ4n) is 3.19. The number of carbonyl (C=O) groups excluding carboxylic acids is 2. The molecule has 2 amide bonds. The Balaban J connectivity index is 1.32. The first-order valence-electron chi connectivity index (χ1n) is 10.9. The second-order valence-corrected chi connectivity index (χ2v) is 9.49. The average molecular weight is 604 g/mol. The molecular formula is C28H20Br2N4O2. The lowest BCUT2D eigenvalue weighted by Gasteiger charge is -2.05. The van der Waals surface area contributed by atoms with Gasteiger partial charge in [0.1, 0.15) is 0 Å². The van der Waals surface area contributed by atoms with Crippen molar-refractivity contribution in [1.82, 2.24) is 10.9 Å². The molecule has 4 rings (SSSR count).